The number of phenolic OH excluding ortho intramolecular Hbond substituents is 1. The van der Waals surface area contributed by atoms with Gasteiger partial charge in [-0.15, -0.1) is 0 Å². The Morgan fingerprint density at radius 3 is 2.48 bits per heavy atom. The number of hydrogen-bond acceptors (Lipinski definition) is 4. The number of benzene rings is 1. The van der Waals surface area contributed by atoms with Crippen molar-refractivity contribution in [3.05, 3.63) is 29.8 Å². The summed E-state index contributed by atoms with van der Waals surface area (Å²) in [5.41, 5.74) is 0.725. The largest absolute Gasteiger partial charge is 0.508 e. The number of carbonyl (C=O) groups excluding carboxylic acids is 1. The maximum absolute atomic E-state index is 11.7. The van der Waals surface area contributed by atoms with Crippen molar-refractivity contribution < 1.29 is 24.5 Å². The molecular formula is C15H21NO5. The smallest absolute Gasteiger partial charge is 0.326 e. The maximum Gasteiger partial charge on any atom is 0.326 e. The molecule has 0 unspecified atom stereocenters. The number of nitrogens with one attached hydrogen (secondary N) is 1. The van der Waals surface area contributed by atoms with Crippen molar-refractivity contribution in [3.8, 4) is 5.75 Å². The first-order chi connectivity index (χ1) is 10.0. The molecule has 1 aromatic carbocycles. The monoisotopic (exact) mass is 295 g/mol. The Labute approximate surface area is 123 Å². The van der Waals surface area contributed by atoms with E-state index in [1.54, 1.807) is 12.1 Å². The van der Waals surface area contributed by atoms with Crippen molar-refractivity contribution in [2.24, 2.45) is 0 Å². The van der Waals surface area contributed by atoms with Crippen LogP contribution >= 0.6 is 0 Å². The first-order valence-electron chi connectivity index (χ1n) is 6.90. The summed E-state index contributed by atoms with van der Waals surface area (Å²) in [5.74, 6) is -1.33. The van der Waals surface area contributed by atoms with Crippen LogP contribution in [-0.2, 0) is 20.7 Å². The molecule has 0 saturated carbocycles. The molecule has 21 heavy (non-hydrogen) atoms. The summed E-state index contributed by atoms with van der Waals surface area (Å²) in [6.45, 7) is 2.84. The molecule has 0 aromatic heterocycles. The number of aromatic hydroxyl groups is 1. The summed E-state index contributed by atoms with van der Waals surface area (Å²) >= 11 is 0. The van der Waals surface area contributed by atoms with Crippen LogP contribution in [0.25, 0.3) is 0 Å². The van der Waals surface area contributed by atoms with Crippen LogP contribution < -0.4 is 5.32 Å². The average molecular weight is 295 g/mol. The van der Waals surface area contributed by atoms with Gasteiger partial charge < -0.3 is 20.3 Å². The van der Waals surface area contributed by atoms with Crippen LogP contribution in [0.3, 0.4) is 0 Å². The summed E-state index contributed by atoms with van der Waals surface area (Å²) in [4.78, 5) is 22.9. The van der Waals surface area contributed by atoms with Gasteiger partial charge >= 0.3 is 5.97 Å². The van der Waals surface area contributed by atoms with Crippen LogP contribution in [-0.4, -0.2) is 41.3 Å². The highest BCUT2D eigenvalue weighted by atomic mass is 16.5. The molecule has 1 amide bonds. The van der Waals surface area contributed by atoms with Crippen molar-refractivity contribution in [3.63, 3.8) is 0 Å². The second kappa shape index (κ2) is 8.97. The van der Waals surface area contributed by atoms with Gasteiger partial charge in [0, 0.05) is 19.4 Å². The zero-order valence-electron chi connectivity index (χ0n) is 12.0. The Kier molecular flexibility index (Phi) is 7.25. The molecule has 0 aliphatic carbocycles. The normalized spacial score (nSPS) is 11.9. The van der Waals surface area contributed by atoms with Gasteiger partial charge in [-0.25, -0.2) is 4.79 Å². The Morgan fingerprint density at radius 2 is 1.90 bits per heavy atom. The quantitative estimate of drug-likeness (QED) is 0.597. The Morgan fingerprint density at radius 1 is 1.24 bits per heavy atom. The Balaban J connectivity index is 2.48. The summed E-state index contributed by atoms with van der Waals surface area (Å²) in [7, 11) is 0. The second-order valence-corrected chi connectivity index (χ2v) is 4.69. The molecule has 0 bridgehead atoms. The minimum Gasteiger partial charge on any atom is -0.508 e. The van der Waals surface area contributed by atoms with E-state index in [0.717, 1.165) is 12.0 Å². The van der Waals surface area contributed by atoms with Gasteiger partial charge in [0.1, 0.15) is 11.8 Å². The minimum atomic E-state index is -1.09. The molecular weight excluding hydrogens is 274 g/mol. The molecule has 1 rings (SSSR count). The third-order valence-corrected chi connectivity index (χ3v) is 2.83. The highest BCUT2D eigenvalue weighted by molar-refractivity contribution is 5.83. The van der Waals surface area contributed by atoms with Crippen LogP contribution in [0.5, 0.6) is 5.75 Å². The second-order valence-electron chi connectivity index (χ2n) is 4.69. The van der Waals surface area contributed by atoms with E-state index in [4.69, 9.17) is 9.84 Å². The van der Waals surface area contributed by atoms with E-state index in [-0.39, 0.29) is 31.1 Å². The highest BCUT2D eigenvalue weighted by Crippen LogP contribution is 2.11. The minimum absolute atomic E-state index is 0.114. The molecule has 6 nitrogen and oxygen atoms in total. The van der Waals surface area contributed by atoms with Gasteiger partial charge in [0.2, 0.25) is 5.91 Å². The predicted molar refractivity (Wildman–Crippen MR) is 77.1 cm³/mol. The van der Waals surface area contributed by atoms with E-state index in [0.29, 0.717) is 6.61 Å². The number of aliphatic carboxylic acids is 1. The lowest BCUT2D eigenvalue weighted by Crippen LogP contribution is -2.42. The predicted octanol–water partition coefficient (Wildman–Crippen LogP) is 1.32. The lowest BCUT2D eigenvalue weighted by molar-refractivity contribution is -0.141. The molecule has 1 aromatic rings. The van der Waals surface area contributed by atoms with Crippen LogP contribution in [0, 0.1) is 0 Å². The van der Waals surface area contributed by atoms with Crippen molar-refractivity contribution in [1.82, 2.24) is 5.32 Å². The van der Waals surface area contributed by atoms with Gasteiger partial charge in [-0.1, -0.05) is 19.1 Å². The summed E-state index contributed by atoms with van der Waals surface area (Å²) < 4.78 is 5.19. The fourth-order valence-electron chi connectivity index (χ4n) is 1.75. The third-order valence-electron chi connectivity index (χ3n) is 2.83. The van der Waals surface area contributed by atoms with Gasteiger partial charge in [0.25, 0.3) is 0 Å². The van der Waals surface area contributed by atoms with Gasteiger partial charge in [-0.05, 0) is 24.1 Å². The number of carboxylic acids is 1. The topological polar surface area (TPSA) is 95.9 Å². The SMILES string of the molecule is CCCOCCC(=O)N[C@@H](Cc1ccc(O)cc1)C(=O)O. The summed E-state index contributed by atoms with van der Waals surface area (Å²) in [6.07, 6.45) is 1.18. The van der Waals surface area contributed by atoms with Gasteiger partial charge in [-0.3, -0.25) is 4.79 Å². The zero-order valence-corrected chi connectivity index (χ0v) is 12.0. The molecule has 0 saturated heterocycles. The first-order valence-corrected chi connectivity index (χ1v) is 6.90. The molecule has 3 N–H and O–H groups in total. The number of rotatable bonds is 9. The first kappa shape index (κ1) is 17.0. The molecule has 0 radical (unpaired) electrons. The lowest BCUT2D eigenvalue weighted by Gasteiger charge is -2.14. The standard InChI is InChI=1S/C15H21NO5/c1-2-8-21-9-7-14(18)16-13(15(19)20)10-11-3-5-12(17)6-4-11/h3-6,13,17H,2,7-10H2,1H3,(H,16,18)(H,19,20)/t13-/m0/s1. The van der Waals surface area contributed by atoms with Crippen LogP contribution in [0.15, 0.2) is 24.3 Å². The number of carbonyl (C=O) groups is 2. The average Bonchev–Trinajstić information content (AvgIpc) is 2.45. The van der Waals surface area contributed by atoms with E-state index in [9.17, 15) is 14.7 Å². The van der Waals surface area contributed by atoms with Crippen molar-refractivity contribution in [2.75, 3.05) is 13.2 Å². The van der Waals surface area contributed by atoms with E-state index < -0.39 is 12.0 Å². The molecule has 0 aliphatic rings. The molecule has 0 heterocycles. The molecule has 0 fully saturated rings. The number of hydrogen-bond donors (Lipinski definition) is 3. The van der Waals surface area contributed by atoms with Crippen molar-refractivity contribution in [1.29, 1.82) is 0 Å². The fourth-order valence-corrected chi connectivity index (χ4v) is 1.75. The zero-order chi connectivity index (χ0) is 15.7. The Hall–Kier alpha value is -2.08. The number of carboxylic acid groups (broad SMARTS) is 1. The Bertz CT molecular complexity index is 458. The molecule has 6 heteroatoms. The van der Waals surface area contributed by atoms with Crippen LogP contribution in [0.1, 0.15) is 25.3 Å². The van der Waals surface area contributed by atoms with Crippen molar-refractivity contribution >= 4 is 11.9 Å². The molecule has 1 atom stereocenters. The number of phenols is 1. The third kappa shape index (κ3) is 6.76. The molecule has 116 valence electrons. The highest BCUT2D eigenvalue weighted by Gasteiger charge is 2.20. The van der Waals surface area contributed by atoms with Crippen LogP contribution in [0.4, 0.5) is 0 Å². The van der Waals surface area contributed by atoms with Gasteiger partial charge in [-0.2, -0.15) is 0 Å². The number of ether oxygens (including phenoxy) is 1. The van der Waals surface area contributed by atoms with E-state index in [1.807, 2.05) is 6.92 Å². The fraction of sp³-hybridized carbons (Fsp3) is 0.467. The molecule has 0 aliphatic heterocycles. The maximum atomic E-state index is 11.7. The van der Waals surface area contributed by atoms with E-state index >= 15 is 0 Å². The van der Waals surface area contributed by atoms with E-state index in [2.05, 4.69) is 5.32 Å². The summed E-state index contributed by atoms with van der Waals surface area (Å²) in [5, 5.41) is 20.8. The van der Waals surface area contributed by atoms with Gasteiger partial charge in [0.15, 0.2) is 0 Å². The number of amides is 1. The van der Waals surface area contributed by atoms with E-state index in [1.165, 1.54) is 12.1 Å². The van der Waals surface area contributed by atoms with Gasteiger partial charge in [0.05, 0.1) is 6.61 Å². The molecule has 0 spiro atoms. The lowest BCUT2D eigenvalue weighted by atomic mass is 10.1. The van der Waals surface area contributed by atoms with Crippen LogP contribution in [0.2, 0.25) is 0 Å². The summed E-state index contributed by atoms with van der Waals surface area (Å²) in [6, 6.07) is 5.22. The van der Waals surface area contributed by atoms with Crippen molar-refractivity contribution in [2.45, 2.75) is 32.2 Å².